The highest BCUT2D eigenvalue weighted by atomic mass is 28.4. The molecule has 0 heterocycles. The van der Waals surface area contributed by atoms with E-state index in [1.54, 1.807) is 14.2 Å². The van der Waals surface area contributed by atoms with Crippen molar-refractivity contribution in [2.45, 2.75) is 19.0 Å². The number of benzene rings is 1. The van der Waals surface area contributed by atoms with E-state index in [0.29, 0.717) is 0 Å². The molecule has 0 saturated heterocycles. The number of hydrogen-bond acceptors (Lipinski definition) is 4. The molecule has 0 spiro atoms. The Hall–Kier alpha value is -1.01. The number of nitrogens with one attached hydrogen (secondary N) is 1. The lowest BCUT2D eigenvalue weighted by atomic mass is 10.2. The summed E-state index contributed by atoms with van der Waals surface area (Å²) in [5.41, 5.74) is 1.14. The average molecular weight is 296 g/mol. The molecule has 4 nitrogen and oxygen atoms in total. The molecule has 1 rings (SSSR count). The maximum absolute atomic E-state index is 5.42. The van der Waals surface area contributed by atoms with Gasteiger partial charge in [-0.15, -0.1) is 0 Å². The summed E-state index contributed by atoms with van der Waals surface area (Å²) in [6, 6.07) is 11.1. The van der Waals surface area contributed by atoms with Gasteiger partial charge >= 0.3 is 8.56 Å². The van der Waals surface area contributed by atoms with Crippen molar-refractivity contribution in [1.82, 2.24) is 5.32 Å². The van der Waals surface area contributed by atoms with Crippen molar-refractivity contribution in [2.24, 2.45) is 4.99 Å². The lowest BCUT2D eigenvalue weighted by molar-refractivity contribution is 0.249. The first kappa shape index (κ1) is 19.0. The van der Waals surface area contributed by atoms with Gasteiger partial charge in [0.2, 0.25) is 0 Å². The summed E-state index contributed by atoms with van der Waals surface area (Å²) in [7, 11) is 5.30. The van der Waals surface area contributed by atoms with Gasteiger partial charge in [0.05, 0.1) is 0 Å². The quantitative estimate of drug-likeness (QED) is 0.478. The molecule has 1 aromatic rings. The van der Waals surface area contributed by atoms with E-state index in [2.05, 4.69) is 16.9 Å². The molecule has 0 amide bonds. The Bertz CT molecular complexity index is 354. The van der Waals surface area contributed by atoms with Crippen molar-refractivity contribution in [2.75, 3.05) is 34.9 Å². The highest BCUT2D eigenvalue weighted by Gasteiger charge is 2.27. The largest absolute Gasteiger partial charge is 0.398 e. The third kappa shape index (κ3) is 8.98. The zero-order valence-electron chi connectivity index (χ0n) is 13.3. The molecule has 114 valence electrons. The van der Waals surface area contributed by atoms with E-state index in [0.717, 1.165) is 24.6 Å². The maximum Gasteiger partial charge on any atom is 0.334 e. The third-order valence-electron chi connectivity index (χ3n) is 2.82. The van der Waals surface area contributed by atoms with Crippen molar-refractivity contribution >= 4 is 14.8 Å². The zero-order valence-corrected chi connectivity index (χ0v) is 14.3. The maximum atomic E-state index is 5.42. The Labute approximate surface area is 124 Å². The van der Waals surface area contributed by atoms with Crippen LogP contribution in [-0.2, 0) is 8.85 Å². The summed E-state index contributed by atoms with van der Waals surface area (Å²) >= 11 is 0. The van der Waals surface area contributed by atoms with Crippen LogP contribution in [0.2, 0.25) is 12.6 Å². The summed E-state index contributed by atoms with van der Waals surface area (Å²) in [6.45, 7) is 2.90. The van der Waals surface area contributed by atoms with Gasteiger partial charge in [-0.3, -0.25) is 4.99 Å². The molecule has 0 aliphatic heterocycles. The van der Waals surface area contributed by atoms with Crippen LogP contribution in [0.1, 0.15) is 12.0 Å². The third-order valence-corrected chi connectivity index (χ3v) is 5.81. The van der Waals surface area contributed by atoms with E-state index in [1.165, 1.54) is 0 Å². The van der Waals surface area contributed by atoms with Gasteiger partial charge in [0.25, 0.3) is 0 Å². The molecule has 0 saturated carbocycles. The molecule has 0 atom stereocenters. The number of hydrogen-bond donors (Lipinski definition) is 1. The molecule has 0 fully saturated rings. The topological polar surface area (TPSA) is 42.8 Å². The number of nitrogens with zero attached hydrogens (tertiary/aromatic N) is 1. The Balaban J connectivity index is 0.00000110. The van der Waals surface area contributed by atoms with Crippen molar-refractivity contribution < 1.29 is 8.85 Å². The van der Waals surface area contributed by atoms with E-state index < -0.39 is 8.56 Å². The number of aliphatic imine (C=N–C) groups is 1. The molecule has 0 aliphatic rings. The average Bonchev–Trinajstić information content (AvgIpc) is 2.48. The van der Waals surface area contributed by atoms with Gasteiger partial charge in [0.1, 0.15) is 0 Å². The monoisotopic (exact) mass is 296 g/mol. The Morgan fingerprint density at radius 1 is 1.15 bits per heavy atom. The van der Waals surface area contributed by atoms with E-state index in [9.17, 15) is 0 Å². The van der Waals surface area contributed by atoms with E-state index in [4.69, 9.17) is 8.85 Å². The van der Waals surface area contributed by atoms with Gasteiger partial charge in [0.15, 0.2) is 0 Å². The molecule has 1 aromatic carbocycles. The molecule has 0 aromatic heterocycles. The first-order chi connectivity index (χ1) is 9.61. The van der Waals surface area contributed by atoms with Gasteiger partial charge in [0, 0.05) is 27.0 Å². The van der Waals surface area contributed by atoms with Gasteiger partial charge in [-0.25, -0.2) is 0 Å². The smallest absolute Gasteiger partial charge is 0.334 e. The summed E-state index contributed by atoms with van der Waals surface area (Å²) in [5, 5.41) is 2.75. The van der Waals surface area contributed by atoms with Crippen LogP contribution in [0.25, 0.3) is 0 Å². The van der Waals surface area contributed by atoms with E-state index in [1.807, 2.05) is 50.6 Å². The van der Waals surface area contributed by atoms with Gasteiger partial charge in [-0.05, 0) is 38.7 Å². The first-order valence-electron chi connectivity index (χ1n) is 6.85. The molecular weight excluding hydrogens is 268 g/mol. The summed E-state index contributed by atoms with van der Waals surface area (Å²) < 4.78 is 10.8. The van der Waals surface area contributed by atoms with Crippen LogP contribution in [0.3, 0.4) is 0 Å². The van der Waals surface area contributed by atoms with Crippen LogP contribution < -0.4 is 5.32 Å². The normalized spacial score (nSPS) is 11.2. The van der Waals surface area contributed by atoms with Crippen LogP contribution >= 0.6 is 0 Å². The highest BCUT2D eigenvalue weighted by molar-refractivity contribution is 6.65. The second-order valence-electron chi connectivity index (χ2n) is 4.59. The molecule has 20 heavy (non-hydrogen) atoms. The second-order valence-corrected chi connectivity index (χ2v) is 8.18. The van der Waals surface area contributed by atoms with Gasteiger partial charge < -0.3 is 14.2 Å². The predicted octanol–water partition coefficient (Wildman–Crippen LogP) is 2.70. The summed E-state index contributed by atoms with van der Waals surface area (Å²) in [4.78, 5) is 4.40. The Morgan fingerprint density at radius 2 is 1.70 bits per heavy atom. The van der Waals surface area contributed by atoms with Crippen LogP contribution in [0.4, 0.5) is 0 Å². The molecule has 5 heteroatoms. The molecule has 0 aliphatic carbocycles. The molecule has 0 radical (unpaired) electrons. The minimum absolute atomic E-state index is 0.824. The Morgan fingerprint density at radius 3 is 2.20 bits per heavy atom. The minimum atomic E-state index is -1.90. The van der Waals surface area contributed by atoms with Crippen molar-refractivity contribution in [3.63, 3.8) is 0 Å². The molecule has 0 bridgehead atoms. The lowest BCUT2D eigenvalue weighted by Gasteiger charge is -2.21. The van der Waals surface area contributed by atoms with E-state index in [-0.39, 0.29) is 0 Å². The van der Waals surface area contributed by atoms with Gasteiger partial charge in [-0.2, -0.15) is 0 Å². The summed E-state index contributed by atoms with van der Waals surface area (Å²) in [6.07, 6.45) is 2.92. The predicted molar refractivity (Wildman–Crippen MR) is 88.9 cm³/mol. The Kier molecular flexibility index (Phi) is 11.2. The fraction of sp³-hybridized carbons (Fsp3) is 0.533. The van der Waals surface area contributed by atoms with Crippen LogP contribution in [0.15, 0.2) is 35.3 Å². The van der Waals surface area contributed by atoms with Crippen LogP contribution in [-0.4, -0.2) is 49.6 Å². The van der Waals surface area contributed by atoms with Crippen molar-refractivity contribution in [1.29, 1.82) is 0 Å². The SMILES string of the molecule is CNC.CO[Si](C)(CCCN=Cc1ccccc1)OC. The van der Waals surface area contributed by atoms with Crippen LogP contribution in [0, 0.1) is 0 Å². The minimum Gasteiger partial charge on any atom is -0.398 e. The fourth-order valence-electron chi connectivity index (χ4n) is 1.49. The van der Waals surface area contributed by atoms with Gasteiger partial charge in [-0.1, -0.05) is 30.3 Å². The highest BCUT2D eigenvalue weighted by Crippen LogP contribution is 2.13. The molecular formula is C15H28N2O2Si. The summed E-state index contributed by atoms with van der Waals surface area (Å²) in [5.74, 6) is 0. The van der Waals surface area contributed by atoms with E-state index >= 15 is 0 Å². The van der Waals surface area contributed by atoms with Crippen molar-refractivity contribution in [3.8, 4) is 0 Å². The molecule has 1 N–H and O–H groups in total. The number of rotatable bonds is 7. The lowest BCUT2D eigenvalue weighted by Crippen LogP contribution is -2.35. The fourth-order valence-corrected chi connectivity index (χ4v) is 2.86. The first-order valence-corrected chi connectivity index (χ1v) is 9.38. The second kappa shape index (κ2) is 11.8. The van der Waals surface area contributed by atoms with Crippen LogP contribution in [0.5, 0.6) is 0 Å². The zero-order chi connectivity index (χ0) is 15.3. The molecule has 0 unspecified atom stereocenters. The standard InChI is InChI=1S/C13H21NO2Si.C2H7N/c1-15-17(3,16-2)11-7-10-14-12-13-8-5-4-6-9-13;1-3-2/h4-6,8-9,12H,7,10-11H2,1-3H3;3H,1-2H3. The van der Waals surface area contributed by atoms with Crippen molar-refractivity contribution in [3.05, 3.63) is 35.9 Å².